The number of nitrogens with one attached hydrogen (secondary N) is 1. The highest BCUT2D eigenvalue weighted by Crippen LogP contribution is 2.32. The number of benzene rings is 1. The number of carbonyl (C=O) groups excluding carboxylic acids is 1. The summed E-state index contributed by atoms with van der Waals surface area (Å²) >= 11 is 0. The zero-order chi connectivity index (χ0) is 17.4. The van der Waals surface area contributed by atoms with Gasteiger partial charge in [0, 0.05) is 17.4 Å². The fraction of sp³-hybridized carbons (Fsp3) is 0.294. The van der Waals surface area contributed by atoms with Crippen molar-refractivity contribution in [3.8, 4) is 5.75 Å². The van der Waals surface area contributed by atoms with E-state index in [9.17, 15) is 9.82 Å². The number of fused-ring (bicyclic) bond motifs is 1. The Hall–Kier alpha value is -2.74. The highest BCUT2D eigenvalue weighted by Gasteiger charge is 2.22. The first-order valence-electron chi connectivity index (χ1n) is 8.43. The number of aromatic nitrogens is 2. The fourth-order valence-corrected chi connectivity index (χ4v) is 3.38. The van der Waals surface area contributed by atoms with Gasteiger partial charge in [0.1, 0.15) is 11.3 Å². The molecule has 0 spiro atoms. The minimum Gasteiger partial charge on any atom is -0.532 e. The summed E-state index contributed by atoms with van der Waals surface area (Å²) in [5.41, 5.74) is 7.50. The Balaban J connectivity index is 1.62. The van der Waals surface area contributed by atoms with Gasteiger partial charge in [-0.3, -0.25) is 9.48 Å². The van der Waals surface area contributed by atoms with Crippen molar-refractivity contribution in [1.29, 1.82) is 0 Å². The van der Waals surface area contributed by atoms with Crippen LogP contribution in [0.5, 0.6) is 5.75 Å². The molecular formula is C17H19BN4O3. The highest BCUT2D eigenvalue weighted by molar-refractivity contribution is 6.51. The van der Waals surface area contributed by atoms with Crippen LogP contribution in [0.1, 0.15) is 47.6 Å². The number of hydrogen-bond donors (Lipinski definition) is 3. The summed E-state index contributed by atoms with van der Waals surface area (Å²) in [6.45, 7) is 0. The zero-order valence-electron chi connectivity index (χ0n) is 13.7. The molecule has 1 saturated carbocycles. The number of hydrogen-bond acceptors (Lipinski definition) is 5. The average molecular weight is 338 g/mol. The molecule has 0 saturated heterocycles. The van der Waals surface area contributed by atoms with Gasteiger partial charge in [-0.25, -0.2) is 0 Å². The molecule has 0 atom stereocenters. The fourth-order valence-electron chi connectivity index (χ4n) is 3.38. The van der Waals surface area contributed by atoms with E-state index < -0.39 is 13.0 Å². The Labute approximate surface area is 145 Å². The van der Waals surface area contributed by atoms with E-state index in [1.165, 1.54) is 12.8 Å². The molecule has 0 bridgehead atoms. The molecule has 1 aliphatic heterocycles. The second-order valence-corrected chi connectivity index (χ2v) is 6.42. The van der Waals surface area contributed by atoms with Gasteiger partial charge in [-0.1, -0.05) is 18.9 Å². The largest absolute Gasteiger partial charge is 0.552 e. The van der Waals surface area contributed by atoms with Gasteiger partial charge in [-0.15, -0.1) is 0 Å². The number of anilines is 2. The second-order valence-electron chi connectivity index (χ2n) is 6.42. The van der Waals surface area contributed by atoms with Crippen LogP contribution in [0.15, 0.2) is 30.4 Å². The molecule has 2 aliphatic rings. The maximum Gasteiger partial charge on any atom is 0.552 e. The first-order valence-corrected chi connectivity index (χ1v) is 8.43. The van der Waals surface area contributed by atoms with E-state index in [0.717, 1.165) is 24.1 Å². The lowest BCUT2D eigenvalue weighted by Crippen LogP contribution is -2.21. The van der Waals surface area contributed by atoms with Crippen LogP contribution in [0, 0.1) is 0 Å². The topological polar surface area (TPSA) is 102 Å². The van der Waals surface area contributed by atoms with Crippen LogP contribution in [0.4, 0.5) is 11.5 Å². The predicted molar refractivity (Wildman–Crippen MR) is 95.6 cm³/mol. The second kappa shape index (κ2) is 6.29. The number of nitrogens with two attached hydrogens (primary N) is 1. The summed E-state index contributed by atoms with van der Waals surface area (Å²) in [6, 6.07) is 5.78. The summed E-state index contributed by atoms with van der Waals surface area (Å²) in [5, 5.41) is 17.2. The molecule has 25 heavy (non-hydrogen) atoms. The van der Waals surface area contributed by atoms with Gasteiger partial charge in [0.15, 0.2) is 5.82 Å². The number of nitrogens with zero attached hydrogens (tertiary/aromatic N) is 2. The summed E-state index contributed by atoms with van der Waals surface area (Å²) in [5.74, 6) is 2.12. The maximum absolute atomic E-state index is 11.8. The molecular weight excluding hydrogens is 319 g/mol. The Kier molecular flexibility index (Phi) is 3.97. The number of amides is 1. The Morgan fingerprint density at radius 1 is 1.40 bits per heavy atom. The first kappa shape index (κ1) is 15.8. The SMILES string of the molecule is NC(=O)c1cn(C2CCCC2)nc1Nc1ccc2c(c1)C=CB(O)O2. The van der Waals surface area contributed by atoms with Crippen molar-refractivity contribution in [2.45, 2.75) is 31.7 Å². The molecule has 0 unspecified atom stereocenters. The van der Waals surface area contributed by atoms with Crippen LogP contribution < -0.4 is 15.7 Å². The molecule has 7 nitrogen and oxygen atoms in total. The number of primary amides is 1. The van der Waals surface area contributed by atoms with Gasteiger partial charge in [0.25, 0.3) is 5.91 Å². The Bertz CT molecular complexity index is 842. The third-order valence-electron chi connectivity index (χ3n) is 4.66. The molecule has 4 N–H and O–H groups in total. The molecule has 4 rings (SSSR count). The van der Waals surface area contributed by atoms with Gasteiger partial charge >= 0.3 is 7.12 Å². The van der Waals surface area contributed by atoms with E-state index >= 15 is 0 Å². The Morgan fingerprint density at radius 2 is 2.20 bits per heavy atom. The molecule has 2 aromatic rings. The van der Waals surface area contributed by atoms with Crippen LogP contribution in [0.2, 0.25) is 0 Å². The normalized spacial score (nSPS) is 16.6. The minimum atomic E-state index is -0.921. The van der Waals surface area contributed by atoms with E-state index in [1.54, 1.807) is 24.3 Å². The molecule has 1 aromatic carbocycles. The zero-order valence-corrected chi connectivity index (χ0v) is 13.7. The van der Waals surface area contributed by atoms with Crippen molar-refractivity contribution in [2.24, 2.45) is 5.73 Å². The monoisotopic (exact) mass is 338 g/mol. The Morgan fingerprint density at radius 3 is 2.96 bits per heavy atom. The number of rotatable bonds is 4. The molecule has 1 aliphatic carbocycles. The predicted octanol–water partition coefficient (Wildman–Crippen LogP) is 2.27. The first-order chi connectivity index (χ1) is 12.1. The van der Waals surface area contributed by atoms with Gasteiger partial charge in [-0.05, 0) is 37.0 Å². The quantitative estimate of drug-likeness (QED) is 0.742. The van der Waals surface area contributed by atoms with Crippen LogP contribution in [-0.2, 0) is 0 Å². The van der Waals surface area contributed by atoms with E-state index in [1.807, 2.05) is 16.8 Å². The summed E-state index contributed by atoms with van der Waals surface area (Å²) < 4.78 is 7.17. The van der Waals surface area contributed by atoms with Crippen LogP contribution in [0.3, 0.4) is 0 Å². The molecule has 2 heterocycles. The summed E-state index contributed by atoms with van der Waals surface area (Å²) in [7, 11) is -0.921. The highest BCUT2D eigenvalue weighted by atomic mass is 16.5. The van der Waals surface area contributed by atoms with Crippen LogP contribution in [-0.4, -0.2) is 27.8 Å². The smallest absolute Gasteiger partial charge is 0.532 e. The standard InChI is InChI=1S/C17H19BN4O3/c19-16(23)14-10-22(13-3-1-2-4-13)21-17(14)20-12-5-6-15-11(9-12)7-8-18(24)25-15/h5-10,13,24H,1-4H2,(H2,19,23)(H,20,21). The maximum atomic E-state index is 11.8. The van der Waals surface area contributed by atoms with Crippen molar-refractivity contribution in [1.82, 2.24) is 9.78 Å². The van der Waals surface area contributed by atoms with Gasteiger partial charge in [0.2, 0.25) is 0 Å². The molecule has 0 radical (unpaired) electrons. The third-order valence-corrected chi connectivity index (χ3v) is 4.66. The van der Waals surface area contributed by atoms with Crippen LogP contribution >= 0.6 is 0 Å². The molecule has 1 amide bonds. The molecule has 128 valence electrons. The van der Waals surface area contributed by atoms with Crippen molar-refractivity contribution in [3.05, 3.63) is 41.5 Å². The van der Waals surface area contributed by atoms with Crippen molar-refractivity contribution >= 4 is 30.6 Å². The summed E-state index contributed by atoms with van der Waals surface area (Å²) in [6.07, 6.45) is 8.04. The lowest BCUT2D eigenvalue weighted by molar-refractivity contribution is 0.100. The summed E-state index contributed by atoms with van der Waals surface area (Å²) in [4.78, 5) is 11.8. The molecule has 1 aromatic heterocycles. The lowest BCUT2D eigenvalue weighted by atomic mass is 9.86. The molecule has 8 heteroatoms. The van der Waals surface area contributed by atoms with Crippen molar-refractivity contribution in [3.63, 3.8) is 0 Å². The van der Waals surface area contributed by atoms with Crippen molar-refractivity contribution < 1.29 is 14.5 Å². The van der Waals surface area contributed by atoms with E-state index in [4.69, 9.17) is 10.4 Å². The van der Waals surface area contributed by atoms with E-state index in [2.05, 4.69) is 10.4 Å². The van der Waals surface area contributed by atoms with Gasteiger partial charge < -0.3 is 20.7 Å². The van der Waals surface area contributed by atoms with Crippen molar-refractivity contribution in [2.75, 3.05) is 5.32 Å². The van der Waals surface area contributed by atoms with Gasteiger partial charge in [-0.2, -0.15) is 5.10 Å². The van der Waals surface area contributed by atoms with E-state index in [-0.39, 0.29) is 0 Å². The van der Waals surface area contributed by atoms with Gasteiger partial charge in [0.05, 0.1) is 6.04 Å². The minimum absolute atomic E-state index is 0.329. The molecule has 1 fully saturated rings. The van der Waals surface area contributed by atoms with E-state index in [0.29, 0.717) is 23.2 Å². The lowest BCUT2D eigenvalue weighted by Gasteiger charge is -2.16. The average Bonchev–Trinajstić information content (AvgIpc) is 3.24. The number of carbonyl (C=O) groups is 1. The third kappa shape index (κ3) is 3.12. The van der Waals surface area contributed by atoms with Crippen LogP contribution in [0.25, 0.3) is 6.08 Å².